The monoisotopic (exact) mass is 404 g/mol. The van der Waals surface area contributed by atoms with Crippen LogP contribution >= 0.6 is 23.2 Å². The molecular formula is C20H22Cl2N4O. The third kappa shape index (κ3) is 4.09. The highest BCUT2D eigenvalue weighted by Crippen LogP contribution is 2.26. The Labute approximate surface area is 168 Å². The van der Waals surface area contributed by atoms with Crippen molar-refractivity contribution in [2.24, 2.45) is 0 Å². The normalized spacial score (nSPS) is 11.2. The minimum absolute atomic E-state index is 0.0431. The molecule has 0 fully saturated rings. The van der Waals surface area contributed by atoms with Gasteiger partial charge in [-0.25, -0.2) is 9.50 Å². The van der Waals surface area contributed by atoms with Crippen molar-refractivity contribution in [1.29, 1.82) is 0 Å². The van der Waals surface area contributed by atoms with E-state index in [9.17, 15) is 4.79 Å². The first kappa shape index (κ1) is 19.6. The van der Waals surface area contributed by atoms with E-state index in [0.717, 1.165) is 33.9 Å². The number of amides is 1. The molecule has 0 aliphatic rings. The van der Waals surface area contributed by atoms with Gasteiger partial charge in [0.25, 0.3) is 0 Å². The molecule has 0 unspecified atom stereocenters. The number of hydrogen-bond acceptors (Lipinski definition) is 3. The maximum absolute atomic E-state index is 12.6. The van der Waals surface area contributed by atoms with Crippen molar-refractivity contribution in [3.8, 4) is 0 Å². The van der Waals surface area contributed by atoms with Crippen molar-refractivity contribution in [2.75, 3.05) is 7.05 Å². The molecule has 0 atom stereocenters. The van der Waals surface area contributed by atoms with Crippen LogP contribution in [0.25, 0.3) is 5.65 Å². The fourth-order valence-electron chi connectivity index (χ4n) is 3.24. The summed E-state index contributed by atoms with van der Waals surface area (Å²) >= 11 is 12.3. The lowest BCUT2D eigenvalue weighted by atomic mass is 10.1. The zero-order chi connectivity index (χ0) is 19.7. The Morgan fingerprint density at radius 3 is 2.70 bits per heavy atom. The van der Waals surface area contributed by atoms with E-state index < -0.39 is 0 Å². The van der Waals surface area contributed by atoms with Gasteiger partial charge in [0.15, 0.2) is 5.65 Å². The van der Waals surface area contributed by atoms with Crippen LogP contribution in [0.1, 0.15) is 34.6 Å². The van der Waals surface area contributed by atoms with Gasteiger partial charge < -0.3 is 4.90 Å². The lowest BCUT2D eigenvalue weighted by Gasteiger charge is -2.19. The summed E-state index contributed by atoms with van der Waals surface area (Å²) in [5.41, 5.74) is 5.63. The van der Waals surface area contributed by atoms with Crippen molar-refractivity contribution in [1.82, 2.24) is 19.5 Å². The first-order valence-corrected chi connectivity index (χ1v) is 9.53. The quantitative estimate of drug-likeness (QED) is 0.626. The summed E-state index contributed by atoms with van der Waals surface area (Å²) < 4.78 is 1.84. The molecule has 7 heteroatoms. The van der Waals surface area contributed by atoms with Crippen molar-refractivity contribution >= 4 is 34.8 Å². The zero-order valence-corrected chi connectivity index (χ0v) is 17.4. The van der Waals surface area contributed by atoms with Crippen LogP contribution in [0, 0.1) is 20.8 Å². The molecule has 0 radical (unpaired) electrons. The summed E-state index contributed by atoms with van der Waals surface area (Å²) in [4.78, 5) is 18.9. The Morgan fingerprint density at radius 1 is 1.22 bits per heavy atom. The number of aryl methyl sites for hydroxylation is 3. The molecule has 1 aromatic carbocycles. The molecule has 0 bridgehead atoms. The molecule has 2 aromatic heterocycles. The number of aromatic nitrogens is 3. The topological polar surface area (TPSA) is 50.5 Å². The fourth-order valence-corrected chi connectivity index (χ4v) is 3.62. The van der Waals surface area contributed by atoms with Crippen LogP contribution in [0.5, 0.6) is 0 Å². The van der Waals surface area contributed by atoms with E-state index in [0.29, 0.717) is 29.4 Å². The van der Waals surface area contributed by atoms with E-state index in [-0.39, 0.29) is 5.91 Å². The standard InChI is InChI=1S/C20H22Cl2N4O/c1-12-10-18-23-13(2)16(14(3)26(18)24-12)8-9-19(27)25(4)11-15-6-5-7-17(21)20(15)22/h5-7,10H,8-9,11H2,1-4H3. The van der Waals surface area contributed by atoms with E-state index >= 15 is 0 Å². The first-order valence-electron chi connectivity index (χ1n) is 8.77. The number of nitrogens with zero attached hydrogens (tertiary/aromatic N) is 4. The average Bonchev–Trinajstić information content (AvgIpc) is 2.98. The van der Waals surface area contributed by atoms with Crippen molar-refractivity contribution in [3.63, 3.8) is 0 Å². The third-order valence-corrected chi connectivity index (χ3v) is 5.60. The van der Waals surface area contributed by atoms with Gasteiger partial charge in [0.2, 0.25) is 5.91 Å². The van der Waals surface area contributed by atoms with Gasteiger partial charge >= 0.3 is 0 Å². The van der Waals surface area contributed by atoms with E-state index in [2.05, 4.69) is 10.1 Å². The Hall–Kier alpha value is -2.11. The number of benzene rings is 1. The number of hydrogen-bond donors (Lipinski definition) is 0. The second-order valence-corrected chi connectivity index (χ2v) is 7.56. The molecule has 0 saturated carbocycles. The molecule has 1 amide bonds. The molecule has 3 aromatic rings. The minimum atomic E-state index is 0.0431. The van der Waals surface area contributed by atoms with Crippen LogP contribution in [-0.2, 0) is 17.8 Å². The van der Waals surface area contributed by atoms with E-state index in [1.807, 2.05) is 43.5 Å². The second-order valence-electron chi connectivity index (χ2n) is 6.78. The number of carbonyl (C=O) groups excluding carboxylic acids is 1. The highest BCUT2D eigenvalue weighted by Gasteiger charge is 2.16. The summed E-state index contributed by atoms with van der Waals surface area (Å²) in [5.74, 6) is 0.0431. The van der Waals surface area contributed by atoms with E-state index in [1.54, 1.807) is 18.0 Å². The second kappa shape index (κ2) is 7.87. The average molecular weight is 405 g/mol. The molecule has 0 aliphatic carbocycles. The molecule has 27 heavy (non-hydrogen) atoms. The maximum atomic E-state index is 12.6. The number of carbonyl (C=O) groups is 1. The van der Waals surface area contributed by atoms with Gasteiger partial charge in [0.1, 0.15) is 0 Å². The lowest BCUT2D eigenvalue weighted by Crippen LogP contribution is -2.26. The summed E-state index contributed by atoms with van der Waals surface area (Å²) in [6.07, 6.45) is 1.01. The molecule has 0 aliphatic heterocycles. The Bertz CT molecular complexity index is 1010. The molecule has 0 N–H and O–H groups in total. The number of fused-ring (bicyclic) bond motifs is 1. The number of halogens is 2. The van der Waals surface area contributed by atoms with Gasteiger partial charge in [-0.2, -0.15) is 5.10 Å². The van der Waals surface area contributed by atoms with Gasteiger partial charge in [-0.3, -0.25) is 4.79 Å². The summed E-state index contributed by atoms with van der Waals surface area (Å²) in [6.45, 7) is 6.36. The summed E-state index contributed by atoms with van der Waals surface area (Å²) in [6, 6.07) is 7.41. The molecular weight excluding hydrogens is 383 g/mol. The molecule has 0 spiro atoms. The fraction of sp³-hybridized carbons (Fsp3) is 0.350. The van der Waals surface area contributed by atoms with Crippen LogP contribution in [0.15, 0.2) is 24.3 Å². The SMILES string of the molecule is Cc1cc2nc(C)c(CCC(=O)N(C)Cc3cccc(Cl)c3Cl)c(C)n2n1. The summed E-state index contributed by atoms with van der Waals surface area (Å²) in [7, 11) is 1.78. The first-order chi connectivity index (χ1) is 12.8. The van der Waals surface area contributed by atoms with Gasteiger partial charge in [-0.1, -0.05) is 35.3 Å². The van der Waals surface area contributed by atoms with Gasteiger partial charge in [-0.05, 0) is 44.4 Å². The number of rotatable bonds is 5. The smallest absolute Gasteiger partial charge is 0.222 e. The zero-order valence-electron chi connectivity index (χ0n) is 15.9. The largest absolute Gasteiger partial charge is 0.341 e. The van der Waals surface area contributed by atoms with Crippen molar-refractivity contribution < 1.29 is 4.79 Å². The van der Waals surface area contributed by atoms with Gasteiger partial charge in [0.05, 0.1) is 15.7 Å². The van der Waals surface area contributed by atoms with Crippen molar-refractivity contribution in [3.05, 3.63) is 62.5 Å². The highest BCUT2D eigenvalue weighted by molar-refractivity contribution is 6.42. The maximum Gasteiger partial charge on any atom is 0.222 e. The van der Waals surface area contributed by atoms with Gasteiger partial charge in [0, 0.05) is 37.5 Å². The molecule has 5 nitrogen and oxygen atoms in total. The molecule has 2 heterocycles. The van der Waals surface area contributed by atoms with Crippen molar-refractivity contribution in [2.45, 2.75) is 40.2 Å². The van der Waals surface area contributed by atoms with Crippen LogP contribution in [0.4, 0.5) is 0 Å². The van der Waals surface area contributed by atoms with Crippen LogP contribution in [0.3, 0.4) is 0 Å². The molecule has 142 valence electrons. The van der Waals surface area contributed by atoms with Crippen LogP contribution in [-0.4, -0.2) is 32.5 Å². The summed E-state index contributed by atoms with van der Waals surface area (Å²) in [5, 5.41) is 5.47. The van der Waals surface area contributed by atoms with E-state index in [1.165, 1.54) is 0 Å². The van der Waals surface area contributed by atoms with Crippen LogP contribution < -0.4 is 0 Å². The highest BCUT2D eigenvalue weighted by atomic mass is 35.5. The minimum Gasteiger partial charge on any atom is -0.341 e. The van der Waals surface area contributed by atoms with Crippen LogP contribution in [0.2, 0.25) is 10.0 Å². The van der Waals surface area contributed by atoms with Gasteiger partial charge in [-0.15, -0.1) is 0 Å². The Morgan fingerprint density at radius 2 is 1.96 bits per heavy atom. The van der Waals surface area contributed by atoms with E-state index in [4.69, 9.17) is 23.2 Å². The molecule has 3 rings (SSSR count). The Balaban J connectivity index is 1.71. The third-order valence-electron chi connectivity index (χ3n) is 4.74. The lowest BCUT2D eigenvalue weighted by molar-refractivity contribution is -0.130. The Kier molecular flexibility index (Phi) is 5.72. The predicted octanol–water partition coefficient (Wildman–Crippen LogP) is 4.55. The molecule has 0 saturated heterocycles. The predicted molar refractivity (Wildman–Crippen MR) is 108 cm³/mol.